The van der Waals surface area contributed by atoms with Crippen molar-refractivity contribution in [3.63, 3.8) is 0 Å². The summed E-state index contributed by atoms with van der Waals surface area (Å²) in [7, 11) is 1.51. The number of hydrogen-bond donors (Lipinski definition) is 2. The second kappa shape index (κ2) is 8.94. The van der Waals surface area contributed by atoms with Gasteiger partial charge in [0.15, 0.2) is 0 Å². The predicted octanol–water partition coefficient (Wildman–Crippen LogP) is 6.75. The van der Waals surface area contributed by atoms with Gasteiger partial charge >= 0.3 is 5.97 Å². The summed E-state index contributed by atoms with van der Waals surface area (Å²) in [4.78, 5) is 13.5. The molecule has 0 aromatic heterocycles. The van der Waals surface area contributed by atoms with Gasteiger partial charge in [-0.3, -0.25) is 0 Å². The molecule has 0 saturated carbocycles. The normalized spacial score (nSPS) is 14.1. The number of esters is 1. The van der Waals surface area contributed by atoms with Gasteiger partial charge in [0.1, 0.15) is 18.2 Å². The molecule has 170 valence electrons. The Morgan fingerprint density at radius 1 is 1.09 bits per heavy atom. The van der Waals surface area contributed by atoms with Crippen LogP contribution < -0.4 is 10.1 Å². The quantitative estimate of drug-likeness (QED) is 0.324. The van der Waals surface area contributed by atoms with Gasteiger partial charge in [0.25, 0.3) is 0 Å². The van der Waals surface area contributed by atoms with E-state index >= 15 is 0 Å². The van der Waals surface area contributed by atoms with Crippen molar-refractivity contribution in [1.29, 1.82) is 0 Å². The lowest BCUT2D eigenvalue weighted by Crippen LogP contribution is -2.32. The van der Waals surface area contributed by atoms with Crippen molar-refractivity contribution in [3.05, 3.63) is 83.2 Å². The monoisotopic (exact) mass is 463 g/mol. The first-order valence-electron chi connectivity index (χ1n) is 10.6. The summed E-state index contributed by atoms with van der Waals surface area (Å²) >= 11 is 4.31. The largest absolute Gasteiger partial charge is 0.496 e. The first-order chi connectivity index (χ1) is 15.7. The molecular formula is C27H26FNO3S. The van der Waals surface area contributed by atoms with Gasteiger partial charge < -0.3 is 14.8 Å². The lowest BCUT2D eigenvalue weighted by atomic mass is 9.85. The number of fused-ring (bicyclic) bond motifs is 1. The number of methoxy groups -OCH3 is 1. The van der Waals surface area contributed by atoms with Crippen LogP contribution in [0.5, 0.6) is 5.75 Å². The maximum atomic E-state index is 13.9. The Morgan fingerprint density at radius 3 is 2.58 bits per heavy atom. The third-order valence-corrected chi connectivity index (χ3v) is 5.90. The van der Waals surface area contributed by atoms with Gasteiger partial charge in [0.2, 0.25) is 0 Å². The van der Waals surface area contributed by atoms with Crippen LogP contribution in [0.15, 0.2) is 65.6 Å². The van der Waals surface area contributed by atoms with E-state index < -0.39 is 5.97 Å². The molecule has 0 atom stereocenters. The number of nitrogens with one attached hydrogen (secondary N) is 1. The number of ether oxygens (including phenoxy) is 2. The lowest BCUT2D eigenvalue weighted by Gasteiger charge is -2.33. The highest BCUT2D eigenvalue weighted by atomic mass is 32.1. The minimum Gasteiger partial charge on any atom is -0.496 e. The van der Waals surface area contributed by atoms with Gasteiger partial charge in [0.05, 0.1) is 18.2 Å². The zero-order chi connectivity index (χ0) is 23.8. The molecule has 3 aromatic rings. The highest BCUT2D eigenvalue weighted by Crippen LogP contribution is 2.42. The van der Waals surface area contributed by atoms with Crippen LogP contribution in [-0.2, 0) is 11.3 Å². The molecule has 0 aliphatic carbocycles. The van der Waals surface area contributed by atoms with Gasteiger partial charge in [-0.1, -0.05) is 18.2 Å². The van der Waals surface area contributed by atoms with E-state index in [4.69, 9.17) is 9.47 Å². The molecule has 1 aliphatic rings. The molecule has 0 fully saturated rings. The number of rotatable bonds is 5. The van der Waals surface area contributed by atoms with Crippen LogP contribution in [0.3, 0.4) is 0 Å². The molecule has 0 bridgehead atoms. The van der Waals surface area contributed by atoms with Crippen LogP contribution in [0, 0.1) is 5.82 Å². The fourth-order valence-electron chi connectivity index (χ4n) is 4.34. The number of thiol groups is 1. The molecule has 3 aromatic carbocycles. The predicted molar refractivity (Wildman–Crippen MR) is 133 cm³/mol. The Balaban J connectivity index is 1.82. The van der Waals surface area contributed by atoms with Gasteiger partial charge in [-0.2, -0.15) is 0 Å². The maximum Gasteiger partial charge on any atom is 0.338 e. The first kappa shape index (κ1) is 22.9. The topological polar surface area (TPSA) is 47.6 Å². The Bertz CT molecular complexity index is 1270. The summed E-state index contributed by atoms with van der Waals surface area (Å²) in [5.41, 5.74) is 5.57. The smallest absolute Gasteiger partial charge is 0.338 e. The van der Waals surface area contributed by atoms with Crippen LogP contribution >= 0.6 is 12.6 Å². The number of carbonyl (C=O) groups excluding carboxylic acids is 1. The maximum absolute atomic E-state index is 13.9. The second-order valence-electron chi connectivity index (χ2n) is 8.66. The Morgan fingerprint density at radius 2 is 1.85 bits per heavy atom. The molecule has 1 aliphatic heterocycles. The zero-order valence-electron chi connectivity index (χ0n) is 19.0. The summed E-state index contributed by atoms with van der Waals surface area (Å²) in [5.74, 6) is -0.407. The number of benzene rings is 3. The van der Waals surface area contributed by atoms with Crippen molar-refractivity contribution in [2.45, 2.75) is 37.8 Å². The molecule has 6 heteroatoms. The second-order valence-corrected chi connectivity index (χ2v) is 9.18. The molecule has 1 heterocycles. The Hall–Kier alpha value is -3.25. The summed E-state index contributed by atoms with van der Waals surface area (Å²) in [6.45, 7) is 6.28. The minimum atomic E-state index is -0.439. The summed E-state index contributed by atoms with van der Waals surface area (Å²) in [6, 6.07) is 15.3. The fraction of sp³-hybridized carbons (Fsp3) is 0.222. The molecule has 0 spiro atoms. The molecule has 0 unspecified atom stereocenters. The summed E-state index contributed by atoms with van der Waals surface area (Å²) in [5, 5.41) is 3.53. The van der Waals surface area contributed by atoms with Crippen molar-refractivity contribution in [2.24, 2.45) is 0 Å². The number of carbonyl (C=O) groups is 1. The van der Waals surface area contributed by atoms with Crippen LogP contribution in [-0.4, -0.2) is 18.6 Å². The van der Waals surface area contributed by atoms with Gasteiger partial charge in [-0.05, 0) is 68.3 Å². The van der Waals surface area contributed by atoms with E-state index in [1.807, 2.05) is 19.1 Å². The van der Waals surface area contributed by atoms with E-state index in [2.05, 4.69) is 37.9 Å². The molecule has 33 heavy (non-hydrogen) atoms. The molecule has 0 radical (unpaired) electrons. The van der Waals surface area contributed by atoms with E-state index in [1.54, 1.807) is 30.3 Å². The summed E-state index contributed by atoms with van der Waals surface area (Å²) < 4.78 is 25.1. The molecule has 0 amide bonds. The molecule has 1 N–H and O–H groups in total. The van der Waals surface area contributed by atoms with Crippen LogP contribution in [0.1, 0.15) is 42.3 Å². The standard InChI is InChI=1S/C27H26FNO3S/c1-16-14-27(2,3)29-23-11-10-20(21-9-8-18(28)13-24(21)31-4)22(25(16)23)15-32-26(30)17-6-5-7-19(33)12-17/h5-14,29,33H,15H2,1-4H3. The Labute approximate surface area is 198 Å². The number of hydrogen-bond acceptors (Lipinski definition) is 5. The third kappa shape index (κ3) is 4.76. The lowest BCUT2D eigenvalue weighted by molar-refractivity contribution is 0.0473. The number of allylic oxidation sites excluding steroid dienone is 1. The Kier molecular flexibility index (Phi) is 6.21. The highest BCUT2D eigenvalue weighted by Gasteiger charge is 2.27. The number of anilines is 1. The van der Waals surface area contributed by atoms with Crippen molar-refractivity contribution in [3.8, 4) is 16.9 Å². The van der Waals surface area contributed by atoms with Crippen LogP contribution in [0.4, 0.5) is 10.1 Å². The van der Waals surface area contributed by atoms with Gasteiger partial charge in [-0.15, -0.1) is 12.6 Å². The zero-order valence-corrected chi connectivity index (χ0v) is 19.9. The van der Waals surface area contributed by atoms with Gasteiger partial charge in [0, 0.05) is 33.3 Å². The average Bonchev–Trinajstić information content (AvgIpc) is 2.76. The molecular weight excluding hydrogens is 437 g/mol. The van der Waals surface area contributed by atoms with E-state index in [-0.39, 0.29) is 18.0 Å². The van der Waals surface area contributed by atoms with E-state index in [0.29, 0.717) is 16.2 Å². The molecule has 4 nitrogen and oxygen atoms in total. The summed E-state index contributed by atoms with van der Waals surface area (Å²) in [6.07, 6.45) is 2.15. The minimum absolute atomic E-state index is 0.0436. The fourth-order valence-corrected chi connectivity index (χ4v) is 4.57. The van der Waals surface area contributed by atoms with Crippen molar-refractivity contribution < 1.29 is 18.7 Å². The molecule has 4 rings (SSSR count). The van der Waals surface area contributed by atoms with Gasteiger partial charge in [-0.25, -0.2) is 9.18 Å². The first-order valence-corrected chi connectivity index (χ1v) is 11.1. The van der Waals surface area contributed by atoms with E-state index in [0.717, 1.165) is 33.5 Å². The van der Waals surface area contributed by atoms with Crippen LogP contribution in [0.2, 0.25) is 0 Å². The van der Waals surface area contributed by atoms with Crippen molar-refractivity contribution in [1.82, 2.24) is 0 Å². The molecule has 0 saturated heterocycles. The van der Waals surface area contributed by atoms with E-state index in [9.17, 15) is 9.18 Å². The SMILES string of the molecule is COc1cc(F)ccc1-c1ccc2c(c1COC(=O)c1cccc(S)c1)C(C)=CC(C)(C)N2. The third-order valence-electron chi connectivity index (χ3n) is 5.62. The average molecular weight is 464 g/mol. The van der Waals surface area contributed by atoms with Crippen LogP contribution in [0.25, 0.3) is 16.7 Å². The van der Waals surface area contributed by atoms with Crippen molar-refractivity contribution >= 4 is 29.9 Å². The number of halogens is 1. The van der Waals surface area contributed by atoms with Crippen molar-refractivity contribution in [2.75, 3.05) is 12.4 Å². The highest BCUT2D eigenvalue weighted by molar-refractivity contribution is 7.80. The van der Waals surface area contributed by atoms with E-state index in [1.165, 1.54) is 19.2 Å².